The summed E-state index contributed by atoms with van der Waals surface area (Å²) in [5, 5.41) is 0. The first kappa shape index (κ1) is 8.83. The van der Waals surface area contributed by atoms with Gasteiger partial charge in [0.2, 0.25) is 12.7 Å². The van der Waals surface area contributed by atoms with E-state index in [2.05, 4.69) is 0 Å². The van der Waals surface area contributed by atoms with Crippen LogP contribution in [0.3, 0.4) is 0 Å². The summed E-state index contributed by atoms with van der Waals surface area (Å²) in [6.07, 6.45) is 0. The SMILES string of the molecule is NC(=O)[C@H](N)c1ccc2c(c1)OCO2. The van der Waals surface area contributed by atoms with Gasteiger partial charge in [-0.25, -0.2) is 0 Å². The third kappa shape index (κ3) is 1.38. The molecule has 5 nitrogen and oxygen atoms in total. The lowest BCUT2D eigenvalue weighted by atomic mass is 10.1. The molecule has 0 aliphatic carbocycles. The van der Waals surface area contributed by atoms with Crippen LogP contribution >= 0.6 is 0 Å². The van der Waals surface area contributed by atoms with Crippen LogP contribution in [0.25, 0.3) is 0 Å². The normalized spacial score (nSPS) is 15.2. The molecule has 1 amide bonds. The largest absolute Gasteiger partial charge is 0.454 e. The third-order valence-corrected chi connectivity index (χ3v) is 2.06. The Morgan fingerprint density at radius 1 is 1.36 bits per heavy atom. The van der Waals surface area contributed by atoms with Gasteiger partial charge in [-0.2, -0.15) is 0 Å². The molecule has 1 aliphatic heterocycles. The van der Waals surface area contributed by atoms with Gasteiger partial charge >= 0.3 is 0 Å². The van der Waals surface area contributed by atoms with Gasteiger partial charge < -0.3 is 20.9 Å². The number of hydrogen-bond acceptors (Lipinski definition) is 4. The highest BCUT2D eigenvalue weighted by molar-refractivity contribution is 5.81. The van der Waals surface area contributed by atoms with Crippen LogP contribution in [-0.2, 0) is 4.79 Å². The summed E-state index contributed by atoms with van der Waals surface area (Å²) in [5.41, 5.74) is 11.3. The summed E-state index contributed by atoms with van der Waals surface area (Å²) in [4.78, 5) is 10.8. The van der Waals surface area contributed by atoms with Crippen molar-refractivity contribution in [3.8, 4) is 11.5 Å². The number of carbonyl (C=O) groups excluding carboxylic acids is 1. The van der Waals surface area contributed by atoms with E-state index < -0.39 is 11.9 Å². The molecular weight excluding hydrogens is 184 g/mol. The molecule has 0 bridgehead atoms. The second-order valence-corrected chi connectivity index (χ2v) is 2.99. The van der Waals surface area contributed by atoms with Crippen LogP contribution in [0, 0.1) is 0 Å². The van der Waals surface area contributed by atoms with Crippen molar-refractivity contribution in [1.29, 1.82) is 0 Å². The van der Waals surface area contributed by atoms with Gasteiger partial charge in [-0.1, -0.05) is 6.07 Å². The second-order valence-electron chi connectivity index (χ2n) is 2.99. The van der Waals surface area contributed by atoms with Crippen LogP contribution in [0.5, 0.6) is 11.5 Å². The molecule has 1 heterocycles. The number of benzene rings is 1. The molecule has 0 saturated carbocycles. The first-order valence-corrected chi connectivity index (χ1v) is 4.13. The molecule has 0 saturated heterocycles. The highest BCUT2D eigenvalue weighted by Crippen LogP contribution is 2.33. The minimum Gasteiger partial charge on any atom is -0.454 e. The van der Waals surface area contributed by atoms with E-state index in [0.717, 1.165) is 0 Å². The lowest BCUT2D eigenvalue weighted by Gasteiger charge is -2.07. The van der Waals surface area contributed by atoms with Gasteiger partial charge in [0.15, 0.2) is 11.5 Å². The van der Waals surface area contributed by atoms with Crippen LogP contribution in [-0.4, -0.2) is 12.7 Å². The van der Waals surface area contributed by atoms with Gasteiger partial charge in [-0.3, -0.25) is 4.79 Å². The smallest absolute Gasteiger partial charge is 0.238 e. The van der Waals surface area contributed by atoms with E-state index in [9.17, 15) is 4.79 Å². The van der Waals surface area contributed by atoms with Crippen molar-refractivity contribution >= 4 is 5.91 Å². The van der Waals surface area contributed by atoms with E-state index in [1.807, 2.05) is 0 Å². The van der Waals surface area contributed by atoms with Crippen molar-refractivity contribution in [3.05, 3.63) is 23.8 Å². The molecule has 1 aliphatic rings. The summed E-state index contributed by atoms with van der Waals surface area (Å²) in [7, 11) is 0. The minimum atomic E-state index is -0.801. The van der Waals surface area contributed by atoms with Crippen LogP contribution < -0.4 is 20.9 Å². The van der Waals surface area contributed by atoms with E-state index in [-0.39, 0.29) is 6.79 Å². The first-order chi connectivity index (χ1) is 6.68. The van der Waals surface area contributed by atoms with Gasteiger partial charge in [0.05, 0.1) is 0 Å². The molecule has 14 heavy (non-hydrogen) atoms. The minimum absolute atomic E-state index is 0.199. The summed E-state index contributed by atoms with van der Waals surface area (Å²) >= 11 is 0. The van der Waals surface area contributed by atoms with Crippen molar-refractivity contribution in [2.45, 2.75) is 6.04 Å². The predicted molar refractivity (Wildman–Crippen MR) is 48.7 cm³/mol. The monoisotopic (exact) mass is 194 g/mol. The van der Waals surface area contributed by atoms with Crippen molar-refractivity contribution in [2.75, 3.05) is 6.79 Å². The van der Waals surface area contributed by atoms with E-state index in [4.69, 9.17) is 20.9 Å². The second kappa shape index (κ2) is 3.19. The quantitative estimate of drug-likeness (QED) is 0.688. The molecule has 0 unspecified atom stereocenters. The summed E-state index contributed by atoms with van der Waals surface area (Å²) in [6.45, 7) is 0.199. The molecule has 1 atom stereocenters. The predicted octanol–water partition coefficient (Wildman–Crippen LogP) is -0.0996. The van der Waals surface area contributed by atoms with E-state index in [0.29, 0.717) is 17.1 Å². The summed E-state index contributed by atoms with van der Waals surface area (Å²) < 4.78 is 10.3. The molecule has 4 N–H and O–H groups in total. The molecule has 2 rings (SSSR count). The van der Waals surface area contributed by atoms with Gasteiger partial charge in [0, 0.05) is 0 Å². The Hall–Kier alpha value is -1.75. The lowest BCUT2D eigenvalue weighted by molar-refractivity contribution is -0.119. The fourth-order valence-corrected chi connectivity index (χ4v) is 1.27. The highest BCUT2D eigenvalue weighted by Gasteiger charge is 2.18. The van der Waals surface area contributed by atoms with Crippen molar-refractivity contribution in [1.82, 2.24) is 0 Å². The van der Waals surface area contributed by atoms with Crippen molar-refractivity contribution in [3.63, 3.8) is 0 Å². The molecular formula is C9H10N2O3. The average molecular weight is 194 g/mol. The molecule has 0 fully saturated rings. The Morgan fingerprint density at radius 2 is 2.07 bits per heavy atom. The molecule has 74 valence electrons. The number of carbonyl (C=O) groups is 1. The number of ether oxygens (including phenoxy) is 2. The van der Waals surface area contributed by atoms with E-state index >= 15 is 0 Å². The number of amides is 1. The third-order valence-electron chi connectivity index (χ3n) is 2.06. The Morgan fingerprint density at radius 3 is 2.79 bits per heavy atom. The van der Waals surface area contributed by atoms with Crippen molar-refractivity contribution in [2.24, 2.45) is 11.5 Å². The maximum Gasteiger partial charge on any atom is 0.238 e. The zero-order valence-corrected chi connectivity index (χ0v) is 7.40. The Labute approximate surface area is 80.6 Å². The maximum absolute atomic E-state index is 10.8. The van der Waals surface area contributed by atoms with Gasteiger partial charge in [0.1, 0.15) is 6.04 Å². The zero-order valence-electron chi connectivity index (χ0n) is 7.40. The Kier molecular flexibility index (Phi) is 2.01. The standard InChI is InChI=1S/C9H10N2O3/c10-8(9(11)12)5-1-2-6-7(3-5)14-4-13-6/h1-3,8H,4,10H2,(H2,11,12)/t8-/m1/s1. The van der Waals surface area contributed by atoms with E-state index in [1.54, 1.807) is 18.2 Å². The van der Waals surface area contributed by atoms with Crippen LogP contribution in [0.4, 0.5) is 0 Å². The number of primary amides is 1. The van der Waals surface area contributed by atoms with Crippen molar-refractivity contribution < 1.29 is 14.3 Å². The number of rotatable bonds is 2. The number of hydrogen-bond donors (Lipinski definition) is 2. The fraction of sp³-hybridized carbons (Fsp3) is 0.222. The Bertz CT molecular complexity index is 378. The molecule has 5 heteroatoms. The maximum atomic E-state index is 10.8. The molecule has 1 aromatic rings. The van der Waals surface area contributed by atoms with Gasteiger partial charge in [-0.15, -0.1) is 0 Å². The Balaban J connectivity index is 2.33. The molecule has 0 radical (unpaired) electrons. The highest BCUT2D eigenvalue weighted by atomic mass is 16.7. The van der Waals surface area contributed by atoms with Gasteiger partial charge in [0.25, 0.3) is 0 Å². The average Bonchev–Trinajstić information content (AvgIpc) is 2.62. The summed E-state index contributed by atoms with van der Waals surface area (Å²) in [5.74, 6) is 0.688. The summed E-state index contributed by atoms with van der Waals surface area (Å²) in [6, 6.07) is 4.27. The number of fused-ring (bicyclic) bond motifs is 1. The molecule has 0 aromatic heterocycles. The van der Waals surface area contributed by atoms with Crippen LogP contribution in [0.2, 0.25) is 0 Å². The first-order valence-electron chi connectivity index (χ1n) is 4.13. The molecule has 1 aromatic carbocycles. The van der Waals surface area contributed by atoms with Gasteiger partial charge in [-0.05, 0) is 17.7 Å². The zero-order chi connectivity index (χ0) is 10.1. The lowest BCUT2D eigenvalue weighted by Crippen LogP contribution is -2.28. The molecule has 0 spiro atoms. The fourth-order valence-electron chi connectivity index (χ4n) is 1.27. The van der Waals surface area contributed by atoms with Crippen LogP contribution in [0.15, 0.2) is 18.2 Å². The van der Waals surface area contributed by atoms with E-state index in [1.165, 1.54) is 0 Å². The van der Waals surface area contributed by atoms with Crippen LogP contribution in [0.1, 0.15) is 11.6 Å². The number of nitrogens with two attached hydrogens (primary N) is 2. The topological polar surface area (TPSA) is 87.6 Å².